The van der Waals surface area contributed by atoms with Gasteiger partial charge in [-0.15, -0.1) is 0 Å². The molecule has 2 aliphatic rings. The number of para-hydroxylation sites is 2. The van der Waals surface area contributed by atoms with E-state index in [1.165, 1.54) is 18.9 Å². The second-order valence-electron chi connectivity index (χ2n) is 7.68. The summed E-state index contributed by atoms with van der Waals surface area (Å²) in [4.78, 5) is 17.3. The number of guanidine groups is 1. The van der Waals surface area contributed by atoms with Crippen LogP contribution in [0.15, 0.2) is 29.3 Å². The van der Waals surface area contributed by atoms with Crippen molar-refractivity contribution in [2.45, 2.75) is 44.3 Å². The number of aliphatic imine (C=N–C) groups is 1. The zero-order valence-corrected chi connectivity index (χ0v) is 17.7. The van der Waals surface area contributed by atoms with E-state index in [9.17, 15) is 10.1 Å². The number of benzene rings is 1. The van der Waals surface area contributed by atoms with Crippen molar-refractivity contribution in [1.29, 1.82) is 0 Å². The second-order valence-corrected chi connectivity index (χ2v) is 7.68. The first-order valence-electron chi connectivity index (χ1n) is 10.8. The minimum atomic E-state index is -0.374. The Balaban J connectivity index is 1.35. The average Bonchev–Trinajstić information content (AvgIpc) is 2.79. The van der Waals surface area contributed by atoms with Crippen LogP contribution < -0.4 is 10.6 Å². The first-order chi connectivity index (χ1) is 14.7. The van der Waals surface area contributed by atoms with Crippen LogP contribution in [0, 0.1) is 10.1 Å². The smallest absolute Gasteiger partial charge is 0.292 e. The standard InChI is InChI=1S/C21H33N5O4/c1-22-21(24-12-11-23-19-7-2-3-8-20(19)26(27)28)25-13-9-17(10-14-25)30-16-18-6-4-5-15-29-18/h2-3,7-8,17-18,23H,4-6,9-16H2,1H3,(H,22,24). The lowest BCUT2D eigenvalue weighted by molar-refractivity contribution is -0.384. The van der Waals surface area contributed by atoms with Gasteiger partial charge in [0, 0.05) is 45.9 Å². The molecule has 2 N–H and O–H groups in total. The number of piperidine rings is 1. The van der Waals surface area contributed by atoms with Crippen LogP contribution in [0.4, 0.5) is 11.4 Å². The molecule has 3 rings (SSSR count). The Morgan fingerprint density at radius 3 is 2.77 bits per heavy atom. The molecule has 0 radical (unpaired) electrons. The van der Waals surface area contributed by atoms with Crippen LogP contribution in [0.1, 0.15) is 32.1 Å². The first kappa shape index (κ1) is 22.3. The van der Waals surface area contributed by atoms with Crippen LogP contribution >= 0.6 is 0 Å². The molecule has 30 heavy (non-hydrogen) atoms. The molecule has 1 unspecified atom stereocenters. The van der Waals surface area contributed by atoms with Crippen LogP contribution in [0.5, 0.6) is 0 Å². The van der Waals surface area contributed by atoms with Crippen LogP contribution in [0.25, 0.3) is 0 Å². The van der Waals surface area contributed by atoms with Crippen molar-refractivity contribution in [2.75, 3.05) is 51.8 Å². The summed E-state index contributed by atoms with van der Waals surface area (Å²) < 4.78 is 11.8. The van der Waals surface area contributed by atoms with Crippen LogP contribution in [0.3, 0.4) is 0 Å². The van der Waals surface area contributed by atoms with E-state index in [1.54, 1.807) is 25.2 Å². The van der Waals surface area contributed by atoms with Crippen molar-refractivity contribution >= 4 is 17.3 Å². The number of nitro benzene ring substituents is 1. The minimum Gasteiger partial charge on any atom is -0.378 e. The Labute approximate surface area is 178 Å². The van der Waals surface area contributed by atoms with Crippen LogP contribution in [-0.2, 0) is 9.47 Å². The van der Waals surface area contributed by atoms with Crippen molar-refractivity contribution in [3.8, 4) is 0 Å². The van der Waals surface area contributed by atoms with Gasteiger partial charge < -0.3 is 25.0 Å². The molecule has 0 spiro atoms. The van der Waals surface area contributed by atoms with Crippen LogP contribution in [0.2, 0.25) is 0 Å². The van der Waals surface area contributed by atoms with Gasteiger partial charge >= 0.3 is 0 Å². The normalized spacial score (nSPS) is 20.8. The van der Waals surface area contributed by atoms with E-state index in [0.29, 0.717) is 25.4 Å². The predicted octanol–water partition coefficient (Wildman–Crippen LogP) is 2.63. The molecule has 2 heterocycles. The summed E-state index contributed by atoms with van der Waals surface area (Å²) in [6.45, 7) is 4.54. The average molecular weight is 420 g/mol. The SMILES string of the molecule is CN=C(NCCNc1ccccc1[N+](=O)[O-])N1CCC(OCC2CCCCO2)CC1. The molecule has 166 valence electrons. The molecular formula is C21H33N5O4. The largest absolute Gasteiger partial charge is 0.378 e. The molecule has 9 nitrogen and oxygen atoms in total. The Morgan fingerprint density at radius 2 is 2.07 bits per heavy atom. The van der Waals surface area contributed by atoms with Crippen molar-refractivity contribution in [3.63, 3.8) is 0 Å². The van der Waals surface area contributed by atoms with E-state index < -0.39 is 0 Å². The van der Waals surface area contributed by atoms with Gasteiger partial charge in [0.1, 0.15) is 5.69 Å². The molecule has 0 amide bonds. The third-order valence-corrected chi connectivity index (χ3v) is 5.57. The maximum Gasteiger partial charge on any atom is 0.292 e. The summed E-state index contributed by atoms with van der Waals surface area (Å²) >= 11 is 0. The number of rotatable bonds is 8. The fourth-order valence-electron chi connectivity index (χ4n) is 3.90. The third kappa shape index (κ3) is 6.56. The van der Waals surface area contributed by atoms with Gasteiger partial charge in [-0.3, -0.25) is 15.1 Å². The van der Waals surface area contributed by atoms with Crippen molar-refractivity contribution in [2.24, 2.45) is 4.99 Å². The number of nitrogens with one attached hydrogen (secondary N) is 2. The van der Waals surface area contributed by atoms with E-state index in [-0.39, 0.29) is 22.8 Å². The van der Waals surface area contributed by atoms with Crippen LogP contribution in [-0.4, -0.2) is 74.4 Å². The molecule has 1 atom stereocenters. The quantitative estimate of drug-likeness (QED) is 0.220. The lowest BCUT2D eigenvalue weighted by Crippen LogP contribution is -2.48. The van der Waals surface area contributed by atoms with E-state index in [0.717, 1.165) is 44.9 Å². The number of ether oxygens (including phenoxy) is 2. The number of likely N-dealkylation sites (tertiary alicyclic amines) is 1. The lowest BCUT2D eigenvalue weighted by atomic mass is 10.1. The maximum absolute atomic E-state index is 11.1. The highest BCUT2D eigenvalue weighted by Gasteiger charge is 2.23. The first-order valence-corrected chi connectivity index (χ1v) is 10.8. The van der Waals surface area contributed by atoms with E-state index in [2.05, 4.69) is 20.5 Å². The number of anilines is 1. The van der Waals surface area contributed by atoms with Gasteiger partial charge in [0.05, 0.1) is 23.7 Å². The number of nitrogens with zero attached hydrogens (tertiary/aromatic N) is 3. The van der Waals surface area contributed by atoms with Gasteiger partial charge in [0.25, 0.3) is 5.69 Å². The number of hydrogen-bond donors (Lipinski definition) is 2. The second kappa shape index (κ2) is 11.7. The summed E-state index contributed by atoms with van der Waals surface area (Å²) in [6, 6.07) is 6.67. The highest BCUT2D eigenvalue weighted by molar-refractivity contribution is 5.80. The van der Waals surface area contributed by atoms with Gasteiger partial charge in [-0.1, -0.05) is 12.1 Å². The topological polar surface area (TPSA) is 101 Å². The summed E-state index contributed by atoms with van der Waals surface area (Å²) in [5.74, 6) is 0.855. The molecule has 2 aliphatic heterocycles. The highest BCUT2D eigenvalue weighted by Crippen LogP contribution is 2.22. The summed E-state index contributed by atoms with van der Waals surface area (Å²) in [5, 5.41) is 17.5. The van der Waals surface area contributed by atoms with E-state index in [4.69, 9.17) is 9.47 Å². The molecule has 2 saturated heterocycles. The molecule has 0 aromatic heterocycles. The lowest BCUT2D eigenvalue weighted by Gasteiger charge is -2.35. The molecule has 2 fully saturated rings. The molecule has 0 aliphatic carbocycles. The van der Waals surface area contributed by atoms with Crippen molar-refractivity contribution < 1.29 is 14.4 Å². The van der Waals surface area contributed by atoms with Crippen molar-refractivity contribution in [1.82, 2.24) is 10.2 Å². The van der Waals surface area contributed by atoms with Crippen molar-refractivity contribution in [3.05, 3.63) is 34.4 Å². The van der Waals surface area contributed by atoms with Gasteiger partial charge in [0.2, 0.25) is 0 Å². The maximum atomic E-state index is 11.1. The monoisotopic (exact) mass is 419 g/mol. The third-order valence-electron chi connectivity index (χ3n) is 5.57. The van der Waals surface area contributed by atoms with Gasteiger partial charge in [-0.2, -0.15) is 0 Å². The summed E-state index contributed by atoms with van der Waals surface area (Å²) in [6.07, 6.45) is 6.00. The fraction of sp³-hybridized carbons (Fsp3) is 0.667. The van der Waals surface area contributed by atoms with Gasteiger partial charge in [-0.25, -0.2) is 0 Å². The highest BCUT2D eigenvalue weighted by atomic mass is 16.6. The minimum absolute atomic E-state index is 0.0857. The zero-order chi connectivity index (χ0) is 21.2. The predicted molar refractivity (Wildman–Crippen MR) is 117 cm³/mol. The molecule has 1 aromatic carbocycles. The summed E-state index contributed by atoms with van der Waals surface area (Å²) in [5.41, 5.74) is 0.613. The van der Waals surface area contributed by atoms with E-state index in [1.807, 2.05) is 0 Å². The Hall–Kier alpha value is -2.39. The van der Waals surface area contributed by atoms with Gasteiger partial charge in [0.15, 0.2) is 5.96 Å². The zero-order valence-electron chi connectivity index (χ0n) is 17.7. The molecular weight excluding hydrogens is 386 g/mol. The molecule has 1 aromatic rings. The molecule has 0 saturated carbocycles. The van der Waals surface area contributed by atoms with Gasteiger partial charge in [-0.05, 0) is 38.2 Å². The summed E-state index contributed by atoms with van der Waals surface area (Å²) in [7, 11) is 1.78. The Kier molecular flexibility index (Phi) is 8.70. The Bertz CT molecular complexity index is 700. The molecule has 9 heteroatoms. The molecule has 0 bridgehead atoms. The number of nitro groups is 1. The van der Waals surface area contributed by atoms with E-state index >= 15 is 0 Å². The Morgan fingerprint density at radius 1 is 1.27 bits per heavy atom. The fourth-order valence-corrected chi connectivity index (χ4v) is 3.90. The number of hydrogen-bond acceptors (Lipinski definition) is 6.